The molecular formula is C25H41NO2. The van der Waals surface area contributed by atoms with Gasteiger partial charge in [0, 0.05) is 11.1 Å². The van der Waals surface area contributed by atoms with Crippen LogP contribution in [0.3, 0.4) is 0 Å². The molecule has 0 spiro atoms. The van der Waals surface area contributed by atoms with Crippen LogP contribution in [0, 0.1) is 0 Å². The van der Waals surface area contributed by atoms with Gasteiger partial charge in [0.2, 0.25) is 0 Å². The largest absolute Gasteiger partial charge is 0.393 e. The Morgan fingerprint density at radius 1 is 1.07 bits per heavy atom. The molecule has 2 rings (SSSR count). The molecule has 1 atom stereocenters. The number of aliphatic hydroxyl groups excluding tert-OH is 1. The third kappa shape index (κ3) is 4.87. The average Bonchev–Trinajstić information content (AvgIpc) is 2.74. The fourth-order valence-corrected chi connectivity index (χ4v) is 5.02. The number of piperidine rings is 1. The summed E-state index contributed by atoms with van der Waals surface area (Å²) in [5.74, 6) is 0. The first kappa shape index (κ1) is 23.1. The highest BCUT2D eigenvalue weighted by Gasteiger charge is 2.53. The van der Waals surface area contributed by atoms with Gasteiger partial charge in [-0.2, -0.15) is 5.06 Å². The summed E-state index contributed by atoms with van der Waals surface area (Å²) in [7, 11) is 0. The zero-order valence-corrected chi connectivity index (χ0v) is 18.5. The lowest BCUT2D eigenvalue weighted by atomic mass is 9.72. The number of nitrogens with zero attached hydrogens (tertiary/aromatic N) is 1. The number of hydroxylamine groups is 2. The van der Waals surface area contributed by atoms with Crippen LogP contribution < -0.4 is 0 Å². The van der Waals surface area contributed by atoms with Gasteiger partial charge < -0.3 is 5.11 Å². The van der Waals surface area contributed by atoms with Gasteiger partial charge in [-0.05, 0) is 63.4 Å². The summed E-state index contributed by atoms with van der Waals surface area (Å²) in [4.78, 5) is 6.96. The van der Waals surface area contributed by atoms with Crippen LogP contribution in [0.2, 0.25) is 0 Å². The van der Waals surface area contributed by atoms with E-state index < -0.39 is 0 Å². The molecule has 0 radical (unpaired) electrons. The molecule has 1 aliphatic heterocycles. The molecule has 1 heterocycles. The summed E-state index contributed by atoms with van der Waals surface area (Å²) >= 11 is 0. The quantitative estimate of drug-likeness (QED) is 0.343. The van der Waals surface area contributed by atoms with Gasteiger partial charge in [-0.1, -0.05) is 64.1 Å². The minimum Gasteiger partial charge on any atom is -0.393 e. The average molecular weight is 388 g/mol. The molecule has 1 saturated heterocycles. The Labute approximate surface area is 172 Å². The minimum atomic E-state index is -0.254. The zero-order chi connectivity index (χ0) is 20.6. The molecular weight excluding hydrogens is 346 g/mol. The molecule has 0 aliphatic carbocycles. The molecule has 1 aliphatic rings. The van der Waals surface area contributed by atoms with Crippen molar-refractivity contribution in [1.82, 2.24) is 5.06 Å². The second kappa shape index (κ2) is 10.6. The van der Waals surface area contributed by atoms with Crippen molar-refractivity contribution in [2.45, 2.75) is 109 Å². The SMILES string of the molecule is C=CCCCC(ON1C(CC)(CC)CC(O)CC1(CC)CC)c1ccccc1. The van der Waals surface area contributed by atoms with E-state index in [0.717, 1.165) is 57.8 Å². The number of unbranched alkanes of at least 4 members (excludes halogenated alkanes) is 1. The van der Waals surface area contributed by atoms with Gasteiger partial charge >= 0.3 is 0 Å². The van der Waals surface area contributed by atoms with E-state index in [1.807, 2.05) is 6.08 Å². The van der Waals surface area contributed by atoms with E-state index in [9.17, 15) is 5.11 Å². The van der Waals surface area contributed by atoms with E-state index in [0.29, 0.717) is 0 Å². The molecule has 158 valence electrons. The molecule has 0 aromatic heterocycles. The van der Waals surface area contributed by atoms with Crippen molar-refractivity contribution in [1.29, 1.82) is 0 Å². The van der Waals surface area contributed by atoms with E-state index in [2.05, 4.69) is 69.7 Å². The Kier molecular flexibility index (Phi) is 8.73. The maximum atomic E-state index is 10.8. The molecule has 1 aromatic carbocycles. The monoisotopic (exact) mass is 387 g/mol. The van der Waals surface area contributed by atoms with Gasteiger partial charge in [-0.25, -0.2) is 0 Å². The summed E-state index contributed by atoms with van der Waals surface area (Å²) in [6.07, 6.45) is 10.3. The molecule has 28 heavy (non-hydrogen) atoms. The first-order valence-corrected chi connectivity index (χ1v) is 11.3. The molecule has 3 heteroatoms. The molecule has 1 unspecified atom stereocenters. The lowest BCUT2D eigenvalue weighted by Gasteiger charge is -2.58. The zero-order valence-electron chi connectivity index (χ0n) is 18.5. The smallest absolute Gasteiger partial charge is 0.104 e. The first-order chi connectivity index (χ1) is 13.5. The third-order valence-corrected chi connectivity index (χ3v) is 7.00. The number of benzene rings is 1. The van der Waals surface area contributed by atoms with Crippen molar-refractivity contribution in [3.05, 3.63) is 48.6 Å². The number of hydrogen-bond donors (Lipinski definition) is 1. The van der Waals surface area contributed by atoms with Gasteiger partial charge in [-0.3, -0.25) is 4.84 Å². The normalized spacial score (nSPS) is 20.8. The van der Waals surface area contributed by atoms with Gasteiger partial charge in [0.05, 0.1) is 6.10 Å². The van der Waals surface area contributed by atoms with Crippen LogP contribution in [0.1, 0.15) is 97.1 Å². The van der Waals surface area contributed by atoms with Crippen molar-refractivity contribution in [3.63, 3.8) is 0 Å². The van der Waals surface area contributed by atoms with Gasteiger partial charge in [0.15, 0.2) is 0 Å². The summed E-state index contributed by atoms with van der Waals surface area (Å²) in [6, 6.07) is 10.6. The maximum absolute atomic E-state index is 10.8. The van der Waals surface area contributed by atoms with Crippen LogP contribution in [0.5, 0.6) is 0 Å². The summed E-state index contributed by atoms with van der Waals surface area (Å²) < 4.78 is 0. The highest BCUT2D eigenvalue weighted by Crippen LogP contribution is 2.48. The van der Waals surface area contributed by atoms with Crippen LogP contribution in [0.4, 0.5) is 0 Å². The highest BCUT2D eigenvalue weighted by atomic mass is 16.7. The first-order valence-electron chi connectivity index (χ1n) is 11.3. The standard InChI is InChI=1S/C25H41NO2/c1-6-11-13-18-23(21-16-14-12-15-17-21)28-26-24(7-2,8-3)19-22(27)20-25(26,9-4)10-5/h6,12,14-17,22-23,27H,1,7-11,13,18-20H2,2-5H3. The Balaban J connectivity index is 2.41. The lowest BCUT2D eigenvalue weighted by molar-refractivity contribution is -0.335. The molecule has 0 amide bonds. The van der Waals surface area contributed by atoms with Crippen LogP contribution in [-0.4, -0.2) is 27.4 Å². The van der Waals surface area contributed by atoms with Crippen LogP contribution in [-0.2, 0) is 4.84 Å². The predicted molar refractivity (Wildman–Crippen MR) is 118 cm³/mol. The molecule has 1 fully saturated rings. The van der Waals surface area contributed by atoms with E-state index in [-0.39, 0.29) is 23.3 Å². The van der Waals surface area contributed by atoms with Crippen molar-refractivity contribution in [2.75, 3.05) is 0 Å². The number of rotatable bonds is 11. The highest BCUT2D eigenvalue weighted by molar-refractivity contribution is 5.18. The maximum Gasteiger partial charge on any atom is 0.104 e. The van der Waals surface area contributed by atoms with Crippen LogP contribution in [0.25, 0.3) is 0 Å². The number of aliphatic hydroxyl groups is 1. The number of allylic oxidation sites excluding steroid dienone is 1. The summed E-state index contributed by atoms with van der Waals surface area (Å²) in [5, 5.41) is 13.1. The topological polar surface area (TPSA) is 32.7 Å². The summed E-state index contributed by atoms with van der Waals surface area (Å²) in [6.45, 7) is 12.8. The fourth-order valence-electron chi connectivity index (χ4n) is 5.02. The Hall–Kier alpha value is -1.16. The molecule has 3 nitrogen and oxygen atoms in total. The van der Waals surface area contributed by atoms with E-state index in [1.54, 1.807) is 0 Å². The van der Waals surface area contributed by atoms with Crippen molar-refractivity contribution in [2.24, 2.45) is 0 Å². The third-order valence-electron chi connectivity index (χ3n) is 7.00. The second-order valence-electron chi connectivity index (χ2n) is 8.44. The van der Waals surface area contributed by atoms with Gasteiger partial charge in [0.25, 0.3) is 0 Å². The van der Waals surface area contributed by atoms with Crippen molar-refractivity contribution < 1.29 is 9.94 Å². The van der Waals surface area contributed by atoms with Gasteiger partial charge in [-0.15, -0.1) is 6.58 Å². The molecule has 1 aromatic rings. The second-order valence-corrected chi connectivity index (χ2v) is 8.44. The van der Waals surface area contributed by atoms with Gasteiger partial charge in [0.1, 0.15) is 6.10 Å². The van der Waals surface area contributed by atoms with E-state index >= 15 is 0 Å². The van der Waals surface area contributed by atoms with E-state index in [4.69, 9.17) is 4.84 Å². The molecule has 0 saturated carbocycles. The fraction of sp³-hybridized carbons (Fsp3) is 0.680. The lowest BCUT2D eigenvalue weighted by Crippen LogP contribution is -2.65. The Morgan fingerprint density at radius 2 is 1.61 bits per heavy atom. The number of hydrogen-bond acceptors (Lipinski definition) is 3. The predicted octanol–water partition coefficient (Wildman–Crippen LogP) is 6.59. The van der Waals surface area contributed by atoms with Crippen molar-refractivity contribution in [3.8, 4) is 0 Å². The van der Waals surface area contributed by atoms with Crippen molar-refractivity contribution >= 4 is 0 Å². The Morgan fingerprint density at radius 3 is 2.07 bits per heavy atom. The minimum absolute atomic E-state index is 0.0337. The van der Waals surface area contributed by atoms with Crippen LogP contribution >= 0.6 is 0 Å². The van der Waals surface area contributed by atoms with Crippen LogP contribution in [0.15, 0.2) is 43.0 Å². The Bertz CT molecular complexity index is 555. The molecule has 0 bridgehead atoms. The summed E-state index contributed by atoms with van der Waals surface area (Å²) in [5.41, 5.74) is 1.00. The van der Waals surface area contributed by atoms with E-state index in [1.165, 1.54) is 5.56 Å². The molecule has 1 N–H and O–H groups in total.